The molecule has 4 aromatic rings. The van der Waals surface area contributed by atoms with Gasteiger partial charge >= 0.3 is 0 Å². The predicted octanol–water partition coefficient (Wildman–Crippen LogP) is 4.84. The van der Waals surface area contributed by atoms with Crippen LogP contribution in [0.25, 0.3) is 21.3 Å². The number of amides is 1. The van der Waals surface area contributed by atoms with Gasteiger partial charge in [-0.3, -0.25) is 14.4 Å². The van der Waals surface area contributed by atoms with Crippen molar-refractivity contribution < 1.29 is 14.3 Å². The number of nitrogens with zero attached hydrogens (tertiary/aromatic N) is 1. The molecule has 1 amide bonds. The number of thioether (sulfide) groups is 1. The van der Waals surface area contributed by atoms with Crippen molar-refractivity contribution in [1.29, 1.82) is 0 Å². The Bertz CT molecular complexity index is 1560. The molecule has 0 radical (unpaired) electrons. The van der Waals surface area contributed by atoms with E-state index < -0.39 is 0 Å². The van der Waals surface area contributed by atoms with Crippen molar-refractivity contribution in [2.75, 3.05) is 17.7 Å². The summed E-state index contributed by atoms with van der Waals surface area (Å²) in [6.07, 6.45) is 4.64. The van der Waals surface area contributed by atoms with E-state index in [0.29, 0.717) is 32.4 Å². The number of ketones is 1. The van der Waals surface area contributed by atoms with E-state index in [1.165, 1.54) is 47.1 Å². The van der Waals surface area contributed by atoms with E-state index >= 15 is 0 Å². The number of nitrogens with one attached hydrogen (secondary N) is 2. The van der Waals surface area contributed by atoms with Crippen LogP contribution in [-0.4, -0.2) is 34.0 Å². The SMILES string of the molecule is O=C1COc2ccc(C(=O)CSc3nc4scc(-c5ccc6c(c5)CCCC6)c4c(=O)[nH]3)cc2N1. The number of hydrogen-bond donors (Lipinski definition) is 2. The highest BCUT2D eigenvalue weighted by Crippen LogP contribution is 2.34. The maximum absolute atomic E-state index is 13.0. The van der Waals surface area contributed by atoms with Crippen LogP contribution in [0.15, 0.2) is 51.7 Å². The maximum atomic E-state index is 13.0. The van der Waals surface area contributed by atoms with Crippen molar-refractivity contribution >= 4 is 50.7 Å². The second-order valence-electron chi connectivity index (χ2n) is 8.65. The summed E-state index contributed by atoms with van der Waals surface area (Å²) < 4.78 is 5.34. The Balaban J connectivity index is 1.22. The molecule has 7 nitrogen and oxygen atoms in total. The Kier molecular flexibility index (Phi) is 5.66. The molecule has 0 atom stereocenters. The average Bonchev–Trinajstić information content (AvgIpc) is 3.31. The Morgan fingerprint density at radius 3 is 2.83 bits per heavy atom. The maximum Gasteiger partial charge on any atom is 0.262 e. The summed E-state index contributed by atoms with van der Waals surface area (Å²) in [5.74, 6) is 0.252. The largest absolute Gasteiger partial charge is 0.482 e. The molecule has 1 aliphatic heterocycles. The number of aryl methyl sites for hydroxylation is 2. The van der Waals surface area contributed by atoms with Crippen molar-refractivity contribution in [3.63, 3.8) is 0 Å². The van der Waals surface area contributed by atoms with Crippen LogP contribution in [-0.2, 0) is 17.6 Å². The number of carbonyl (C=O) groups is 2. The molecule has 35 heavy (non-hydrogen) atoms. The molecule has 0 fully saturated rings. The Morgan fingerprint density at radius 2 is 1.94 bits per heavy atom. The van der Waals surface area contributed by atoms with Crippen LogP contribution in [0.5, 0.6) is 5.75 Å². The van der Waals surface area contributed by atoms with Crippen molar-refractivity contribution in [1.82, 2.24) is 9.97 Å². The van der Waals surface area contributed by atoms with Crippen molar-refractivity contribution in [2.45, 2.75) is 30.8 Å². The molecule has 176 valence electrons. The first-order valence-corrected chi connectivity index (χ1v) is 13.3. The molecule has 0 bridgehead atoms. The van der Waals surface area contributed by atoms with Gasteiger partial charge in [0.1, 0.15) is 10.6 Å². The van der Waals surface area contributed by atoms with Gasteiger partial charge in [-0.05, 0) is 60.6 Å². The van der Waals surface area contributed by atoms with E-state index in [9.17, 15) is 14.4 Å². The van der Waals surface area contributed by atoms with Gasteiger partial charge in [0.15, 0.2) is 17.5 Å². The summed E-state index contributed by atoms with van der Waals surface area (Å²) in [4.78, 5) is 45.4. The molecule has 0 unspecified atom stereocenters. The number of hydrogen-bond acceptors (Lipinski definition) is 7. The fourth-order valence-corrected chi connectivity index (χ4v) is 6.35. The van der Waals surface area contributed by atoms with Gasteiger partial charge in [0, 0.05) is 16.5 Å². The molecular weight excluding hydrogens is 482 g/mol. The van der Waals surface area contributed by atoms with Gasteiger partial charge in [-0.2, -0.15) is 0 Å². The normalized spacial score (nSPS) is 14.7. The van der Waals surface area contributed by atoms with Gasteiger partial charge < -0.3 is 15.0 Å². The third-order valence-electron chi connectivity index (χ3n) is 6.36. The Hall–Kier alpha value is -3.43. The van der Waals surface area contributed by atoms with E-state index in [-0.39, 0.29) is 29.6 Å². The van der Waals surface area contributed by atoms with Crippen LogP contribution in [0.2, 0.25) is 0 Å². The minimum atomic E-state index is -0.253. The number of aromatic nitrogens is 2. The molecule has 0 saturated carbocycles. The topological polar surface area (TPSA) is 101 Å². The van der Waals surface area contributed by atoms with Gasteiger partial charge in [-0.1, -0.05) is 30.0 Å². The number of carbonyl (C=O) groups excluding carboxylic acids is 2. The number of rotatable bonds is 5. The molecule has 9 heteroatoms. The first kappa shape index (κ1) is 22.1. The summed E-state index contributed by atoms with van der Waals surface area (Å²) in [7, 11) is 0. The summed E-state index contributed by atoms with van der Waals surface area (Å²) >= 11 is 2.62. The number of benzene rings is 2. The number of ether oxygens (including phenoxy) is 1. The number of anilines is 1. The third-order valence-corrected chi connectivity index (χ3v) is 8.10. The van der Waals surface area contributed by atoms with Crippen LogP contribution in [0, 0.1) is 0 Å². The number of fused-ring (bicyclic) bond motifs is 3. The smallest absolute Gasteiger partial charge is 0.262 e. The molecule has 1 aliphatic carbocycles. The van der Waals surface area contributed by atoms with Gasteiger partial charge in [0.2, 0.25) is 0 Å². The molecule has 6 rings (SSSR count). The summed E-state index contributed by atoms with van der Waals surface area (Å²) in [6, 6.07) is 11.4. The summed E-state index contributed by atoms with van der Waals surface area (Å²) in [6.45, 7) is -0.0332. The van der Waals surface area contributed by atoms with Crippen LogP contribution < -0.4 is 15.6 Å². The Labute approximate surface area is 208 Å². The average molecular weight is 504 g/mol. The van der Waals surface area contributed by atoms with Gasteiger partial charge in [0.05, 0.1) is 16.8 Å². The first-order chi connectivity index (χ1) is 17.0. The lowest BCUT2D eigenvalue weighted by atomic mass is 9.89. The number of thiophene rings is 1. The number of H-pyrrole nitrogens is 1. The highest BCUT2D eigenvalue weighted by atomic mass is 32.2. The second kappa shape index (κ2) is 8.98. The molecule has 2 aromatic carbocycles. The molecule has 2 aliphatic rings. The fraction of sp³-hybridized carbons (Fsp3) is 0.231. The lowest BCUT2D eigenvalue weighted by Crippen LogP contribution is -2.25. The predicted molar refractivity (Wildman–Crippen MR) is 138 cm³/mol. The quantitative estimate of drug-likeness (QED) is 0.230. The van der Waals surface area contributed by atoms with Crippen LogP contribution in [0.4, 0.5) is 5.69 Å². The first-order valence-electron chi connectivity index (χ1n) is 11.4. The molecule has 3 heterocycles. The molecule has 0 spiro atoms. The van der Waals surface area contributed by atoms with Crippen LogP contribution in [0.1, 0.15) is 34.3 Å². The van der Waals surface area contributed by atoms with Crippen LogP contribution in [0.3, 0.4) is 0 Å². The molecule has 0 saturated heterocycles. The van der Waals surface area contributed by atoms with Crippen LogP contribution >= 0.6 is 23.1 Å². The number of aromatic amines is 1. The second-order valence-corrected chi connectivity index (χ2v) is 10.5. The minimum absolute atomic E-state index is 0.0332. The highest BCUT2D eigenvalue weighted by molar-refractivity contribution is 7.99. The van der Waals surface area contributed by atoms with Gasteiger partial charge in [0.25, 0.3) is 11.5 Å². The standard InChI is InChI=1S/C26H21N3O4S2/c30-20(17-7-8-21-19(10-17)27-22(31)11-33-21)13-35-26-28-24(32)23-18(12-34-25(23)29-26)16-6-5-14-3-1-2-4-15(14)9-16/h5-10,12H,1-4,11,13H2,(H,27,31)(H,28,29,32). The van der Waals surface area contributed by atoms with Crippen molar-refractivity contribution in [3.05, 3.63) is 68.8 Å². The fourth-order valence-electron chi connectivity index (χ4n) is 4.58. The summed E-state index contributed by atoms with van der Waals surface area (Å²) in [5, 5.41) is 5.69. The van der Waals surface area contributed by atoms with E-state index in [4.69, 9.17) is 4.74 Å². The minimum Gasteiger partial charge on any atom is -0.482 e. The Morgan fingerprint density at radius 1 is 1.09 bits per heavy atom. The van der Waals surface area contributed by atoms with Gasteiger partial charge in [-0.25, -0.2) is 4.98 Å². The number of Topliss-reactive ketones (excluding diaryl/α,β-unsaturated/α-hetero) is 1. The van der Waals surface area contributed by atoms with Crippen molar-refractivity contribution in [3.8, 4) is 16.9 Å². The summed E-state index contributed by atoms with van der Waals surface area (Å²) in [5.41, 5.74) is 5.46. The monoisotopic (exact) mass is 503 g/mol. The zero-order chi connectivity index (χ0) is 23.9. The third kappa shape index (κ3) is 4.26. The molecule has 2 N–H and O–H groups in total. The zero-order valence-electron chi connectivity index (χ0n) is 18.7. The van der Waals surface area contributed by atoms with E-state index in [1.807, 2.05) is 5.38 Å². The van der Waals surface area contributed by atoms with Crippen molar-refractivity contribution in [2.24, 2.45) is 0 Å². The lowest BCUT2D eigenvalue weighted by Gasteiger charge is -2.18. The zero-order valence-corrected chi connectivity index (χ0v) is 20.3. The van der Waals surface area contributed by atoms with E-state index in [1.54, 1.807) is 18.2 Å². The van der Waals surface area contributed by atoms with E-state index in [0.717, 1.165) is 24.0 Å². The molecular formula is C26H21N3O4S2. The molecule has 2 aromatic heterocycles. The van der Waals surface area contributed by atoms with E-state index in [2.05, 4.69) is 33.5 Å². The highest BCUT2D eigenvalue weighted by Gasteiger charge is 2.19. The van der Waals surface area contributed by atoms with Gasteiger partial charge in [-0.15, -0.1) is 11.3 Å². The lowest BCUT2D eigenvalue weighted by molar-refractivity contribution is -0.118.